The van der Waals surface area contributed by atoms with Crippen LogP contribution in [0.15, 0.2) is 267 Å². The number of fused-ring (bicyclic) bond motifs is 13. The molecule has 16 rings (SSSR count). The van der Waals surface area contributed by atoms with E-state index in [1.54, 1.807) is 0 Å². The van der Waals surface area contributed by atoms with Crippen molar-refractivity contribution in [2.45, 2.75) is 0 Å². The normalized spacial score (nSPS) is 12.2. The smallest absolute Gasteiger partial charge is 0.221 e. The highest BCUT2D eigenvalue weighted by atomic mass is 28.3. The molecule has 356 valence electrons. The standard InChI is InChI=1S/C67H44N8Si/c1-4-23-48(24-5-1)76(49-25-6-2-7-26-49,50-27-8-3-9-28-50)51-39-40-55-63(44-51)73-60-36-17-19-38-62(60)75(67(73)69-55)65-43-46(45-21-20-22-47(41-45)71-56-32-13-10-29-52(56)53-30-11-14-33-57(53)71)42-64(70-65)74-61-37-18-16-35-59(61)72-58-34-15-12-31-54(58)68-66(72)74/h1-44H. The number of rotatable bonds is 8. The summed E-state index contributed by atoms with van der Waals surface area (Å²) in [7, 11) is -2.87. The molecule has 6 heterocycles. The van der Waals surface area contributed by atoms with Crippen LogP contribution in [0.5, 0.6) is 0 Å². The van der Waals surface area contributed by atoms with Gasteiger partial charge in [0.2, 0.25) is 11.6 Å². The molecule has 0 radical (unpaired) electrons. The summed E-state index contributed by atoms with van der Waals surface area (Å²) >= 11 is 0. The van der Waals surface area contributed by atoms with Crippen LogP contribution in [0.4, 0.5) is 0 Å². The van der Waals surface area contributed by atoms with Gasteiger partial charge in [0.1, 0.15) is 11.6 Å². The molecule has 0 saturated carbocycles. The molecule has 0 aliphatic heterocycles. The van der Waals surface area contributed by atoms with Crippen molar-refractivity contribution >= 4 is 106 Å². The number of imidazole rings is 4. The van der Waals surface area contributed by atoms with E-state index in [1.807, 2.05) is 0 Å². The summed E-state index contributed by atoms with van der Waals surface area (Å²) < 4.78 is 11.5. The van der Waals surface area contributed by atoms with Gasteiger partial charge in [-0.15, -0.1) is 0 Å². The monoisotopic (exact) mass is 988 g/mol. The molecular formula is C67H44N8Si. The first kappa shape index (κ1) is 42.4. The zero-order valence-corrected chi connectivity index (χ0v) is 42.0. The molecule has 0 N–H and O–H groups in total. The highest BCUT2D eigenvalue weighted by Gasteiger charge is 2.41. The number of pyridine rings is 1. The van der Waals surface area contributed by atoms with Crippen molar-refractivity contribution in [2.75, 3.05) is 0 Å². The van der Waals surface area contributed by atoms with Crippen LogP contribution in [-0.4, -0.2) is 45.5 Å². The third kappa shape index (κ3) is 6.08. The number of aromatic nitrogens is 8. The topological polar surface area (TPSA) is 62.3 Å². The third-order valence-corrected chi connectivity index (χ3v) is 20.4. The van der Waals surface area contributed by atoms with Gasteiger partial charge < -0.3 is 4.57 Å². The molecule has 0 unspecified atom stereocenters. The molecule has 76 heavy (non-hydrogen) atoms. The van der Waals surface area contributed by atoms with E-state index in [4.69, 9.17) is 15.0 Å². The fraction of sp³-hybridized carbons (Fsp3) is 0. The molecule has 0 bridgehead atoms. The number of hydrogen-bond acceptors (Lipinski definition) is 3. The van der Waals surface area contributed by atoms with E-state index >= 15 is 0 Å². The lowest BCUT2D eigenvalue weighted by Gasteiger charge is -2.34. The van der Waals surface area contributed by atoms with Crippen molar-refractivity contribution in [3.8, 4) is 28.5 Å². The van der Waals surface area contributed by atoms with Gasteiger partial charge in [-0.2, -0.15) is 0 Å². The molecule has 0 spiro atoms. The Hall–Kier alpha value is -10.1. The molecule has 0 aliphatic rings. The van der Waals surface area contributed by atoms with Crippen LogP contribution in [0.25, 0.3) is 106 Å². The number of para-hydroxylation sites is 8. The Kier molecular flexibility index (Phi) is 9.19. The predicted octanol–water partition coefficient (Wildman–Crippen LogP) is 12.7. The molecule has 0 fully saturated rings. The SMILES string of the molecule is c1ccc([Si](c2ccccc2)(c2ccccc2)c2ccc3nc4n(-c5cc(-c6cccc(-n7c8ccccc8c8ccccc87)c6)cc(-n6c7ccccc7n7c8ccccc8nc67)n5)c5ccccc5n4c3c2)cc1. The quantitative estimate of drug-likeness (QED) is 0.113. The summed E-state index contributed by atoms with van der Waals surface area (Å²) in [4.78, 5) is 16.6. The second-order valence-electron chi connectivity index (χ2n) is 19.7. The van der Waals surface area contributed by atoms with E-state index in [1.165, 1.54) is 31.5 Å². The Labute approximate surface area is 436 Å². The van der Waals surface area contributed by atoms with Gasteiger partial charge in [-0.1, -0.05) is 182 Å². The molecule has 6 aromatic heterocycles. The second kappa shape index (κ2) is 16.5. The minimum atomic E-state index is -2.87. The van der Waals surface area contributed by atoms with Crippen LogP contribution in [0.3, 0.4) is 0 Å². The van der Waals surface area contributed by atoms with Gasteiger partial charge >= 0.3 is 0 Å². The highest BCUT2D eigenvalue weighted by molar-refractivity contribution is 7.20. The van der Waals surface area contributed by atoms with E-state index in [0.717, 1.165) is 95.2 Å². The van der Waals surface area contributed by atoms with Crippen molar-refractivity contribution in [2.24, 2.45) is 0 Å². The first-order valence-electron chi connectivity index (χ1n) is 25.8. The summed E-state index contributed by atoms with van der Waals surface area (Å²) in [5.74, 6) is 3.06. The molecule has 0 saturated heterocycles. The summed E-state index contributed by atoms with van der Waals surface area (Å²) in [6.07, 6.45) is 0. The van der Waals surface area contributed by atoms with Gasteiger partial charge in [-0.05, 0) is 117 Å². The van der Waals surface area contributed by atoms with Crippen LogP contribution in [0.1, 0.15) is 0 Å². The Balaban J connectivity index is 0.974. The lowest BCUT2D eigenvalue weighted by Crippen LogP contribution is -2.74. The van der Waals surface area contributed by atoms with Crippen LogP contribution in [0.2, 0.25) is 0 Å². The maximum absolute atomic E-state index is 5.74. The van der Waals surface area contributed by atoms with Crippen molar-refractivity contribution in [3.63, 3.8) is 0 Å². The van der Waals surface area contributed by atoms with Gasteiger partial charge in [-0.3, -0.25) is 17.9 Å². The fourth-order valence-electron chi connectivity index (χ4n) is 12.4. The van der Waals surface area contributed by atoms with Crippen LogP contribution < -0.4 is 20.7 Å². The van der Waals surface area contributed by atoms with Gasteiger partial charge in [-0.25, -0.2) is 15.0 Å². The maximum Gasteiger partial charge on any atom is 0.221 e. The third-order valence-electron chi connectivity index (χ3n) is 15.6. The molecule has 9 heteroatoms. The molecule has 8 nitrogen and oxygen atoms in total. The Bertz CT molecular complexity index is 4800. The van der Waals surface area contributed by atoms with Crippen molar-refractivity contribution < 1.29 is 0 Å². The molecule has 0 amide bonds. The van der Waals surface area contributed by atoms with Gasteiger partial charge in [0.05, 0.1) is 55.2 Å². The maximum atomic E-state index is 5.74. The number of hydrogen-bond donors (Lipinski definition) is 0. The largest absolute Gasteiger partial charge is 0.309 e. The van der Waals surface area contributed by atoms with Gasteiger partial charge in [0.25, 0.3) is 0 Å². The van der Waals surface area contributed by atoms with E-state index < -0.39 is 8.07 Å². The van der Waals surface area contributed by atoms with Crippen LogP contribution in [-0.2, 0) is 0 Å². The fourth-order valence-corrected chi connectivity index (χ4v) is 17.2. The van der Waals surface area contributed by atoms with Crippen molar-refractivity contribution in [3.05, 3.63) is 267 Å². The van der Waals surface area contributed by atoms with Gasteiger partial charge in [0, 0.05) is 16.5 Å². The highest BCUT2D eigenvalue weighted by Crippen LogP contribution is 2.37. The Morgan fingerprint density at radius 2 is 0.711 bits per heavy atom. The Morgan fingerprint density at radius 3 is 1.26 bits per heavy atom. The second-order valence-corrected chi connectivity index (χ2v) is 23.5. The average molecular weight is 989 g/mol. The predicted molar refractivity (Wildman–Crippen MR) is 314 cm³/mol. The Morgan fingerprint density at radius 1 is 0.263 bits per heavy atom. The number of nitrogens with zero attached hydrogens (tertiary/aromatic N) is 8. The van der Waals surface area contributed by atoms with Gasteiger partial charge in [0.15, 0.2) is 8.07 Å². The lowest BCUT2D eigenvalue weighted by molar-refractivity contribution is 0.983. The molecular weight excluding hydrogens is 945 g/mol. The van der Waals surface area contributed by atoms with Crippen molar-refractivity contribution in [1.29, 1.82) is 0 Å². The summed E-state index contributed by atoms with van der Waals surface area (Å²) in [5, 5.41) is 7.70. The number of benzene rings is 10. The summed E-state index contributed by atoms with van der Waals surface area (Å²) in [5.41, 5.74) is 13.5. The molecule has 16 aromatic rings. The molecule has 0 atom stereocenters. The molecule has 10 aromatic carbocycles. The first-order chi connectivity index (χ1) is 37.7. The van der Waals surface area contributed by atoms with E-state index in [2.05, 4.69) is 289 Å². The zero-order chi connectivity index (χ0) is 49.9. The van der Waals surface area contributed by atoms with E-state index in [-0.39, 0.29) is 0 Å². The zero-order valence-electron chi connectivity index (χ0n) is 41.0. The first-order valence-corrected chi connectivity index (χ1v) is 27.8. The lowest BCUT2D eigenvalue weighted by atomic mass is 10.1. The minimum Gasteiger partial charge on any atom is -0.309 e. The van der Waals surface area contributed by atoms with Crippen LogP contribution >= 0.6 is 0 Å². The van der Waals surface area contributed by atoms with Crippen LogP contribution in [0, 0.1) is 0 Å². The minimum absolute atomic E-state index is 0.741. The molecule has 0 aliphatic carbocycles. The summed E-state index contributed by atoms with van der Waals surface area (Å²) in [6.45, 7) is 0. The van der Waals surface area contributed by atoms with E-state index in [9.17, 15) is 0 Å². The van der Waals surface area contributed by atoms with Crippen molar-refractivity contribution in [1.82, 2.24) is 37.5 Å². The average Bonchev–Trinajstić information content (AvgIpc) is 4.42. The summed E-state index contributed by atoms with van der Waals surface area (Å²) in [6, 6.07) is 96.6. The van der Waals surface area contributed by atoms with E-state index in [0.29, 0.717) is 0 Å².